The van der Waals surface area contributed by atoms with Gasteiger partial charge in [0.15, 0.2) is 5.96 Å². The minimum absolute atomic E-state index is 0. The first-order valence-electron chi connectivity index (χ1n) is 8.58. The number of nitrogens with zero attached hydrogens (tertiary/aromatic N) is 1. The van der Waals surface area contributed by atoms with E-state index in [1.807, 2.05) is 7.05 Å². The summed E-state index contributed by atoms with van der Waals surface area (Å²) in [6.45, 7) is 3.71. The number of hydrogen-bond acceptors (Lipinski definition) is 2. The summed E-state index contributed by atoms with van der Waals surface area (Å²) in [6.07, 6.45) is 12.6. The molecule has 0 aromatic heterocycles. The van der Waals surface area contributed by atoms with Crippen molar-refractivity contribution < 1.29 is 4.74 Å². The summed E-state index contributed by atoms with van der Waals surface area (Å²) in [6, 6.07) is 0. The lowest BCUT2D eigenvalue weighted by Crippen LogP contribution is -2.38. The van der Waals surface area contributed by atoms with Gasteiger partial charge in [-0.15, -0.1) is 24.0 Å². The average Bonchev–Trinajstić information content (AvgIpc) is 3.34. The molecule has 22 heavy (non-hydrogen) atoms. The largest absolute Gasteiger partial charge is 0.381 e. The van der Waals surface area contributed by atoms with Crippen molar-refractivity contribution in [1.82, 2.24) is 10.6 Å². The van der Waals surface area contributed by atoms with Crippen molar-refractivity contribution in [2.75, 3.05) is 33.4 Å². The first kappa shape index (κ1) is 19.7. The van der Waals surface area contributed by atoms with Gasteiger partial charge in [-0.25, -0.2) is 0 Å². The fourth-order valence-electron chi connectivity index (χ4n) is 2.61. The number of halogens is 1. The minimum Gasteiger partial charge on any atom is -0.381 e. The summed E-state index contributed by atoms with van der Waals surface area (Å²) in [4.78, 5) is 4.26. The van der Waals surface area contributed by atoms with Crippen LogP contribution in [0.15, 0.2) is 16.6 Å². The van der Waals surface area contributed by atoms with Crippen molar-refractivity contribution in [3.63, 3.8) is 0 Å². The lowest BCUT2D eigenvalue weighted by molar-refractivity contribution is 0.123. The predicted octanol–water partition coefficient (Wildman–Crippen LogP) is 3.48. The molecule has 0 heterocycles. The summed E-state index contributed by atoms with van der Waals surface area (Å²) < 4.78 is 5.63. The van der Waals surface area contributed by atoms with Gasteiger partial charge in [0, 0.05) is 33.4 Å². The second-order valence-electron chi connectivity index (χ2n) is 6.16. The van der Waals surface area contributed by atoms with Crippen LogP contribution in [0.5, 0.6) is 0 Å². The Hall–Kier alpha value is -0.300. The first-order valence-corrected chi connectivity index (χ1v) is 8.58. The molecule has 0 atom stereocenters. The van der Waals surface area contributed by atoms with E-state index >= 15 is 0 Å². The molecule has 4 nitrogen and oxygen atoms in total. The SMILES string of the molecule is CN=C(NCCCOCC1CC1)NCCC1=CCCCC1.I. The molecule has 5 heteroatoms. The molecular weight excluding hydrogens is 389 g/mol. The highest BCUT2D eigenvalue weighted by Crippen LogP contribution is 2.28. The maximum absolute atomic E-state index is 5.63. The quantitative estimate of drug-likeness (QED) is 0.197. The van der Waals surface area contributed by atoms with E-state index in [-0.39, 0.29) is 24.0 Å². The molecule has 1 fully saturated rings. The molecule has 0 radical (unpaired) electrons. The molecule has 0 bridgehead atoms. The van der Waals surface area contributed by atoms with E-state index in [1.54, 1.807) is 5.57 Å². The van der Waals surface area contributed by atoms with Gasteiger partial charge in [0.25, 0.3) is 0 Å². The van der Waals surface area contributed by atoms with Crippen LogP contribution in [-0.2, 0) is 4.74 Å². The van der Waals surface area contributed by atoms with Crippen LogP contribution in [0.2, 0.25) is 0 Å². The number of guanidine groups is 1. The van der Waals surface area contributed by atoms with Crippen molar-refractivity contribution in [3.05, 3.63) is 11.6 Å². The van der Waals surface area contributed by atoms with Crippen LogP contribution >= 0.6 is 24.0 Å². The van der Waals surface area contributed by atoms with Crippen LogP contribution in [-0.4, -0.2) is 39.3 Å². The van der Waals surface area contributed by atoms with Gasteiger partial charge < -0.3 is 15.4 Å². The number of rotatable bonds is 9. The van der Waals surface area contributed by atoms with Crippen molar-refractivity contribution in [2.45, 2.75) is 51.4 Å². The summed E-state index contributed by atoms with van der Waals surface area (Å²) >= 11 is 0. The van der Waals surface area contributed by atoms with Crippen LogP contribution in [0, 0.1) is 5.92 Å². The van der Waals surface area contributed by atoms with Gasteiger partial charge in [0.05, 0.1) is 0 Å². The second kappa shape index (κ2) is 12.2. The van der Waals surface area contributed by atoms with E-state index in [1.165, 1.54) is 38.5 Å². The van der Waals surface area contributed by atoms with Gasteiger partial charge in [-0.2, -0.15) is 0 Å². The third kappa shape index (κ3) is 8.98. The standard InChI is InChI=1S/C17H31N3O.HI/c1-18-17(19-11-5-13-21-14-16-8-9-16)20-12-10-15-6-3-2-4-7-15;/h6,16H,2-5,7-14H2,1H3,(H2,18,19,20);1H. The van der Waals surface area contributed by atoms with E-state index in [9.17, 15) is 0 Å². The first-order chi connectivity index (χ1) is 10.4. The Labute approximate surface area is 152 Å². The van der Waals surface area contributed by atoms with Crippen LogP contribution in [0.4, 0.5) is 0 Å². The van der Waals surface area contributed by atoms with Crippen molar-refractivity contribution >= 4 is 29.9 Å². The topological polar surface area (TPSA) is 45.7 Å². The van der Waals surface area contributed by atoms with Crippen molar-refractivity contribution in [1.29, 1.82) is 0 Å². The maximum atomic E-state index is 5.63. The van der Waals surface area contributed by atoms with Crippen LogP contribution < -0.4 is 10.6 Å². The Balaban J connectivity index is 0.00000242. The molecule has 0 amide bonds. The lowest BCUT2D eigenvalue weighted by Gasteiger charge is -2.15. The van der Waals surface area contributed by atoms with Gasteiger partial charge in [0.2, 0.25) is 0 Å². The molecule has 128 valence electrons. The normalized spacial score (nSPS) is 18.4. The van der Waals surface area contributed by atoms with Crippen LogP contribution in [0.3, 0.4) is 0 Å². The smallest absolute Gasteiger partial charge is 0.190 e. The fraction of sp³-hybridized carbons (Fsp3) is 0.824. The molecule has 2 aliphatic carbocycles. The summed E-state index contributed by atoms with van der Waals surface area (Å²) in [7, 11) is 1.83. The molecule has 2 N–H and O–H groups in total. The minimum atomic E-state index is 0. The van der Waals surface area contributed by atoms with E-state index in [0.717, 1.165) is 51.0 Å². The third-order valence-electron chi connectivity index (χ3n) is 4.16. The number of hydrogen-bond donors (Lipinski definition) is 2. The molecule has 0 spiro atoms. The molecule has 0 aromatic carbocycles. The second-order valence-corrected chi connectivity index (χ2v) is 6.16. The molecule has 0 saturated heterocycles. The summed E-state index contributed by atoms with van der Waals surface area (Å²) in [5.41, 5.74) is 1.61. The zero-order valence-electron chi connectivity index (χ0n) is 13.9. The number of ether oxygens (including phenoxy) is 1. The van der Waals surface area contributed by atoms with Crippen molar-refractivity contribution in [3.8, 4) is 0 Å². The lowest BCUT2D eigenvalue weighted by atomic mass is 9.97. The molecule has 1 saturated carbocycles. The Kier molecular flexibility index (Phi) is 10.9. The molecule has 0 unspecified atom stereocenters. The number of nitrogens with one attached hydrogen (secondary N) is 2. The van der Waals surface area contributed by atoms with E-state index in [0.29, 0.717) is 0 Å². The van der Waals surface area contributed by atoms with Gasteiger partial charge in [-0.05, 0) is 57.3 Å². The molecule has 2 aliphatic rings. The molecule has 2 rings (SSSR count). The van der Waals surface area contributed by atoms with Crippen molar-refractivity contribution in [2.24, 2.45) is 10.9 Å². The van der Waals surface area contributed by atoms with Gasteiger partial charge in [-0.3, -0.25) is 4.99 Å². The maximum Gasteiger partial charge on any atom is 0.190 e. The van der Waals surface area contributed by atoms with Gasteiger partial charge in [0.1, 0.15) is 0 Å². The summed E-state index contributed by atoms with van der Waals surface area (Å²) in [5.74, 6) is 1.77. The third-order valence-corrected chi connectivity index (χ3v) is 4.16. The highest BCUT2D eigenvalue weighted by Gasteiger charge is 2.20. The monoisotopic (exact) mass is 421 g/mol. The zero-order valence-corrected chi connectivity index (χ0v) is 16.2. The van der Waals surface area contributed by atoms with Gasteiger partial charge >= 0.3 is 0 Å². The van der Waals surface area contributed by atoms with E-state index in [2.05, 4.69) is 21.7 Å². The molecule has 0 aliphatic heterocycles. The number of allylic oxidation sites excluding steroid dienone is 1. The predicted molar refractivity (Wildman–Crippen MR) is 104 cm³/mol. The Morgan fingerprint density at radius 3 is 2.77 bits per heavy atom. The molecule has 0 aromatic rings. The van der Waals surface area contributed by atoms with Crippen LogP contribution in [0.25, 0.3) is 0 Å². The van der Waals surface area contributed by atoms with E-state index in [4.69, 9.17) is 4.74 Å². The van der Waals surface area contributed by atoms with E-state index < -0.39 is 0 Å². The summed E-state index contributed by atoms with van der Waals surface area (Å²) in [5, 5.41) is 6.74. The molecular formula is C17H32IN3O. The Morgan fingerprint density at radius 2 is 2.09 bits per heavy atom. The highest BCUT2D eigenvalue weighted by atomic mass is 127. The van der Waals surface area contributed by atoms with Gasteiger partial charge in [-0.1, -0.05) is 11.6 Å². The zero-order chi connectivity index (χ0) is 14.8. The highest BCUT2D eigenvalue weighted by molar-refractivity contribution is 14.0. The fourth-order valence-corrected chi connectivity index (χ4v) is 2.61. The van der Waals surface area contributed by atoms with Crippen LogP contribution in [0.1, 0.15) is 51.4 Å². The number of aliphatic imine (C=N–C) groups is 1. The average molecular weight is 421 g/mol. The Morgan fingerprint density at radius 1 is 1.27 bits per heavy atom. The Bertz CT molecular complexity index is 354.